The molecule has 7 heteroatoms. The van der Waals surface area contributed by atoms with Crippen molar-refractivity contribution in [1.29, 1.82) is 0 Å². The van der Waals surface area contributed by atoms with E-state index in [9.17, 15) is 15.2 Å². The number of aryl methyl sites for hydroxylation is 1. The number of nitrogens with zero attached hydrogens (tertiary/aromatic N) is 4. The minimum absolute atomic E-state index is 0.0299. The van der Waals surface area contributed by atoms with Crippen LogP contribution in [0.15, 0.2) is 6.20 Å². The molecule has 0 radical (unpaired) electrons. The van der Waals surface area contributed by atoms with Crippen molar-refractivity contribution in [2.24, 2.45) is 0 Å². The van der Waals surface area contributed by atoms with Crippen molar-refractivity contribution >= 4 is 5.82 Å². The summed E-state index contributed by atoms with van der Waals surface area (Å²) in [6.07, 6.45) is 1.81. The molecule has 2 heterocycles. The number of likely N-dealkylation sites (tertiary alicyclic amines) is 1. The van der Waals surface area contributed by atoms with Crippen LogP contribution >= 0.6 is 0 Å². The van der Waals surface area contributed by atoms with Gasteiger partial charge in [0.2, 0.25) is 0 Å². The molecule has 0 aromatic carbocycles. The van der Waals surface area contributed by atoms with Gasteiger partial charge in [-0.05, 0) is 11.3 Å². The van der Waals surface area contributed by atoms with E-state index in [4.69, 9.17) is 0 Å². The number of β-amino-alcohol motifs (C(OH)–C–C–N with tert-alkyl or cyclic N) is 1. The fraction of sp³-hybridized carbons (Fsp3) is 0.700. The number of nitro groups is 1. The van der Waals surface area contributed by atoms with Crippen LogP contribution < -0.4 is 0 Å². The topological polar surface area (TPSA) is 84.4 Å². The van der Waals surface area contributed by atoms with Gasteiger partial charge in [-0.25, -0.2) is 9.55 Å². The third kappa shape index (κ3) is 2.62. The van der Waals surface area contributed by atoms with Crippen molar-refractivity contribution in [2.45, 2.75) is 26.0 Å². The molecular formula is C10H16N4O3. The Balaban J connectivity index is 1.99. The van der Waals surface area contributed by atoms with Gasteiger partial charge in [-0.1, -0.05) is 0 Å². The molecule has 1 aliphatic rings. The highest BCUT2D eigenvalue weighted by Gasteiger charge is 2.22. The van der Waals surface area contributed by atoms with E-state index in [-0.39, 0.29) is 11.9 Å². The lowest BCUT2D eigenvalue weighted by Gasteiger charge is -2.13. The standard InChI is InChI=1S/C10H16N4O3/c1-8-11-6-10(14(16)17)13(8)5-4-12-3-2-9(15)7-12/h6,9,15H,2-5,7H2,1H3. The molecule has 94 valence electrons. The van der Waals surface area contributed by atoms with Crippen LogP contribution in [0, 0.1) is 17.0 Å². The average Bonchev–Trinajstić information content (AvgIpc) is 2.82. The third-order valence-electron chi connectivity index (χ3n) is 3.11. The zero-order valence-electron chi connectivity index (χ0n) is 9.74. The van der Waals surface area contributed by atoms with E-state index in [1.807, 2.05) is 0 Å². The molecule has 0 saturated carbocycles. The van der Waals surface area contributed by atoms with Gasteiger partial charge in [0.1, 0.15) is 12.7 Å². The normalized spacial score (nSPS) is 20.9. The number of hydrogen-bond donors (Lipinski definition) is 1. The Morgan fingerprint density at radius 2 is 2.41 bits per heavy atom. The predicted octanol–water partition coefficient (Wildman–Crippen LogP) is 0.166. The van der Waals surface area contributed by atoms with Crippen LogP contribution in [0.3, 0.4) is 0 Å². The van der Waals surface area contributed by atoms with Crippen LogP contribution in [-0.4, -0.2) is 50.2 Å². The monoisotopic (exact) mass is 240 g/mol. The van der Waals surface area contributed by atoms with Gasteiger partial charge < -0.3 is 15.2 Å². The summed E-state index contributed by atoms with van der Waals surface area (Å²) >= 11 is 0. The lowest BCUT2D eigenvalue weighted by atomic mass is 10.3. The second-order valence-corrected chi connectivity index (χ2v) is 4.32. The SMILES string of the molecule is Cc1ncc([N+](=O)[O-])n1CCN1CCC(O)C1. The summed E-state index contributed by atoms with van der Waals surface area (Å²) in [5.74, 6) is 0.679. The highest BCUT2D eigenvalue weighted by Crippen LogP contribution is 2.15. The Labute approximate surface area is 98.8 Å². The smallest absolute Gasteiger partial charge is 0.342 e. The first-order chi connectivity index (χ1) is 8.08. The lowest BCUT2D eigenvalue weighted by molar-refractivity contribution is -0.392. The number of hydrogen-bond acceptors (Lipinski definition) is 5. The molecule has 1 N–H and O–H groups in total. The molecule has 0 spiro atoms. The van der Waals surface area contributed by atoms with Crippen molar-refractivity contribution in [3.63, 3.8) is 0 Å². The van der Waals surface area contributed by atoms with Crippen molar-refractivity contribution in [1.82, 2.24) is 14.5 Å². The van der Waals surface area contributed by atoms with Crippen LogP contribution in [0.1, 0.15) is 12.2 Å². The second kappa shape index (κ2) is 4.80. The number of imidazole rings is 1. The summed E-state index contributed by atoms with van der Waals surface area (Å²) in [5.41, 5.74) is 0. The molecule has 1 aromatic heterocycles. The Hall–Kier alpha value is -1.47. The maximum absolute atomic E-state index is 10.8. The summed E-state index contributed by atoms with van der Waals surface area (Å²) < 4.78 is 1.60. The predicted molar refractivity (Wildman–Crippen MR) is 60.7 cm³/mol. The molecule has 1 unspecified atom stereocenters. The van der Waals surface area contributed by atoms with Crippen LogP contribution in [-0.2, 0) is 6.54 Å². The Morgan fingerprint density at radius 3 is 3.00 bits per heavy atom. The first-order valence-corrected chi connectivity index (χ1v) is 5.65. The molecule has 1 atom stereocenters. The van der Waals surface area contributed by atoms with Crippen molar-refractivity contribution in [3.8, 4) is 0 Å². The highest BCUT2D eigenvalue weighted by molar-refractivity contribution is 5.18. The number of aliphatic hydroxyl groups is 1. The zero-order chi connectivity index (χ0) is 12.4. The van der Waals surface area contributed by atoms with Gasteiger partial charge in [-0.3, -0.25) is 4.90 Å². The number of aliphatic hydroxyl groups excluding tert-OH is 1. The van der Waals surface area contributed by atoms with Gasteiger partial charge in [0.15, 0.2) is 5.82 Å². The molecule has 1 aromatic rings. The quantitative estimate of drug-likeness (QED) is 0.599. The molecule has 0 aliphatic carbocycles. The molecule has 0 amide bonds. The Bertz CT molecular complexity index is 418. The van der Waals surface area contributed by atoms with E-state index in [0.29, 0.717) is 25.5 Å². The molecule has 2 rings (SSSR count). The van der Waals surface area contributed by atoms with Gasteiger partial charge >= 0.3 is 5.82 Å². The Morgan fingerprint density at radius 1 is 1.65 bits per heavy atom. The average molecular weight is 240 g/mol. The molecule has 1 saturated heterocycles. The summed E-state index contributed by atoms with van der Waals surface area (Å²) in [5, 5.41) is 20.2. The maximum Gasteiger partial charge on any atom is 0.342 e. The first-order valence-electron chi connectivity index (χ1n) is 5.65. The van der Waals surface area contributed by atoms with E-state index < -0.39 is 4.92 Å². The summed E-state index contributed by atoms with van der Waals surface area (Å²) in [7, 11) is 0. The molecule has 1 fully saturated rings. The molecule has 7 nitrogen and oxygen atoms in total. The minimum atomic E-state index is -0.418. The highest BCUT2D eigenvalue weighted by atomic mass is 16.6. The van der Waals surface area contributed by atoms with E-state index >= 15 is 0 Å². The summed E-state index contributed by atoms with van der Waals surface area (Å²) in [6.45, 7) is 4.50. The van der Waals surface area contributed by atoms with Gasteiger partial charge in [-0.2, -0.15) is 0 Å². The van der Waals surface area contributed by atoms with Crippen molar-refractivity contribution in [2.75, 3.05) is 19.6 Å². The van der Waals surface area contributed by atoms with Gasteiger partial charge in [0.05, 0.1) is 6.10 Å². The van der Waals surface area contributed by atoms with E-state index in [0.717, 1.165) is 13.0 Å². The molecule has 0 bridgehead atoms. The van der Waals surface area contributed by atoms with Gasteiger partial charge in [0, 0.05) is 26.6 Å². The minimum Gasteiger partial charge on any atom is -0.392 e. The fourth-order valence-electron chi connectivity index (χ4n) is 2.14. The van der Waals surface area contributed by atoms with Crippen LogP contribution in [0.2, 0.25) is 0 Å². The molecule has 17 heavy (non-hydrogen) atoms. The molecule has 1 aliphatic heterocycles. The van der Waals surface area contributed by atoms with E-state index in [1.54, 1.807) is 11.5 Å². The van der Waals surface area contributed by atoms with Crippen LogP contribution in [0.5, 0.6) is 0 Å². The number of rotatable bonds is 4. The first kappa shape index (κ1) is 12.0. The van der Waals surface area contributed by atoms with E-state index in [1.165, 1.54) is 6.20 Å². The third-order valence-corrected chi connectivity index (χ3v) is 3.11. The summed E-state index contributed by atoms with van der Waals surface area (Å²) in [4.78, 5) is 16.4. The summed E-state index contributed by atoms with van der Waals surface area (Å²) in [6, 6.07) is 0. The van der Waals surface area contributed by atoms with Crippen molar-refractivity contribution < 1.29 is 10.0 Å². The van der Waals surface area contributed by atoms with Crippen LogP contribution in [0.4, 0.5) is 5.82 Å². The van der Waals surface area contributed by atoms with E-state index in [2.05, 4.69) is 9.88 Å². The Kier molecular flexibility index (Phi) is 3.39. The second-order valence-electron chi connectivity index (χ2n) is 4.32. The number of aromatic nitrogens is 2. The van der Waals surface area contributed by atoms with Gasteiger partial charge in [-0.15, -0.1) is 0 Å². The largest absolute Gasteiger partial charge is 0.392 e. The lowest BCUT2D eigenvalue weighted by Crippen LogP contribution is -2.26. The van der Waals surface area contributed by atoms with Crippen molar-refractivity contribution in [3.05, 3.63) is 22.1 Å². The van der Waals surface area contributed by atoms with Gasteiger partial charge in [0.25, 0.3) is 0 Å². The fourth-order valence-corrected chi connectivity index (χ4v) is 2.14. The maximum atomic E-state index is 10.8. The zero-order valence-corrected chi connectivity index (χ0v) is 9.74. The van der Waals surface area contributed by atoms with Crippen LogP contribution in [0.25, 0.3) is 0 Å². The molecular weight excluding hydrogens is 224 g/mol.